The maximum Gasteiger partial charge on any atom is 0.343 e. The van der Waals surface area contributed by atoms with Crippen LogP contribution in [0.25, 0.3) is 0 Å². The summed E-state index contributed by atoms with van der Waals surface area (Å²) in [6.07, 6.45) is 0.179. The Morgan fingerprint density at radius 1 is 1.16 bits per heavy atom. The van der Waals surface area contributed by atoms with Crippen molar-refractivity contribution in [2.45, 2.75) is 27.2 Å². The van der Waals surface area contributed by atoms with Crippen LogP contribution in [0.3, 0.4) is 0 Å². The Morgan fingerprint density at radius 2 is 1.84 bits per heavy atom. The predicted octanol–water partition coefficient (Wildman–Crippen LogP) is 2.49. The van der Waals surface area contributed by atoms with Crippen molar-refractivity contribution in [1.82, 2.24) is 9.78 Å². The summed E-state index contributed by atoms with van der Waals surface area (Å²) in [5.41, 5.74) is 1.64. The van der Waals surface area contributed by atoms with E-state index in [0.29, 0.717) is 18.1 Å². The SMILES string of the molecule is CCOC(=O)c1c(C)nn(C)c1NC(=O)Cc1ccc(OCC)cc1. The van der Waals surface area contributed by atoms with Crippen molar-refractivity contribution < 1.29 is 19.1 Å². The lowest BCUT2D eigenvalue weighted by molar-refractivity contribution is -0.115. The highest BCUT2D eigenvalue weighted by Gasteiger charge is 2.22. The highest BCUT2D eigenvalue weighted by atomic mass is 16.5. The van der Waals surface area contributed by atoms with Gasteiger partial charge in [0.05, 0.1) is 25.3 Å². The average Bonchev–Trinajstić information content (AvgIpc) is 2.83. The van der Waals surface area contributed by atoms with Crippen LogP contribution in [0.5, 0.6) is 5.75 Å². The fourth-order valence-electron chi connectivity index (χ4n) is 2.48. The third-order valence-electron chi connectivity index (χ3n) is 3.56. The van der Waals surface area contributed by atoms with Crippen LogP contribution in [-0.4, -0.2) is 34.9 Å². The molecule has 7 nitrogen and oxygen atoms in total. The molecule has 0 aliphatic heterocycles. The van der Waals surface area contributed by atoms with Gasteiger partial charge in [-0.15, -0.1) is 0 Å². The summed E-state index contributed by atoms with van der Waals surface area (Å²) < 4.78 is 11.9. The zero-order valence-electron chi connectivity index (χ0n) is 15.0. The van der Waals surface area contributed by atoms with Crippen molar-refractivity contribution in [3.05, 3.63) is 41.1 Å². The summed E-state index contributed by atoms with van der Waals surface area (Å²) in [5.74, 6) is 0.368. The van der Waals surface area contributed by atoms with Crippen LogP contribution in [0.2, 0.25) is 0 Å². The molecule has 0 bridgehead atoms. The summed E-state index contributed by atoms with van der Waals surface area (Å²) in [4.78, 5) is 24.4. The molecule has 1 aromatic heterocycles. The van der Waals surface area contributed by atoms with Gasteiger partial charge in [-0.25, -0.2) is 4.79 Å². The van der Waals surface area contributed by atoms with E-state index < -0.39 is 5.97 Å². The van der Waals surface area contributed by atoms with Crippen molar-refractivity contribution >= 4 is 17.7 Å². The molecule has 25 heavy (non-hydrogen) atoms. The molecule has 1 heterocycles. The summed E-state index contributed by atoms with van der Waals surface area (Å²) in [7, 11) is 1.67. The molecule has 0 spiro atoms. The number of nitrogens with zero attached hydrogens (tertiary/aromatic N) is 2. The Kier molecular flexibility index (Phi) is 6.16. The van der Waals surface area contributed by atoms with Gasteiger partial charge in [-0.3, -0.25) is 9.48 Å². The van der Waals surface area contributed by atoms with Crippen LogP contribution < -0.4 is 10.1 Å². The van der Waals surface area contributed by atoms with E-state index in [1.807, 2.05) is 31.2 Å². The lowest BCUT2D eigenvalue weighted by Crippen LogP contribution is -2.19. The third kappa shape index (κ3) is 4.59. The maximum atomic E-state index is 12.4. The zero-order chi connectivity index (χ0) is 18.4. The average molecular weight is 345 g/mol. The number of amides is 1. The maximum absolute atomic E-state index is 12.4. The van der Waals surface area contributed by atoms with Crippen LogP contribution in [-0.2, 0) is 23.0 Å². The summed E-state index contributed by atoms with van der Waals surface area (Å²) >= 11 is 0. The van der Waals surface area contributed by atoms with E-state index in [0.717, 1.165) is 11.3 Å². The minimum Gasteiger partial charge on any atom is -0.494 e. The first-order valence-corrected chi connectivity index (χ1v) is 8.18. The van der Waals surface area contributed by atoms with E-state index in [1.54, 1.807) is 20.9 Å². The van der Waals surface area contributed by atoms with Crippen LogP contribution >= 0.6 is 0 Å². The van der Waals surface area contributed by atoms with Gasteiger partial charge in [0.15, 0.2) is 0 Å². The quantitative estimate of drug-likeness (QED) is 0.780. The van der Waals surface area contributed by atoms with Crippen LogP contribution in [0.1, 0.15) is 35.5 Å². The first-order valence-electron chi connectivity index (χ1n) is 8.18. The number of rotatable bonds is 7. The number of hydrogen-bond acceptors (Lipinski definition) is 5. The molecule has 0 saturated carbocycles. The number of hydrogen-bond donors (Lipinski definition) is 1. The molecular weight excluding hydrogens is 322 g/mol. The fourth-order valence-corrected chi connectivity index (χ4v) is 2.48. The molecule has 1 N–H and O–H groups in total. The number of carbonyl (C=O) groups is 2. The second kappa shape index (κ2) is 8.32. The summed E-state index contributed by atoms with van der Waals surface area (Å²) in [6.45, 7) is 6.20. The van der Waals surface area contributed by atoms with Crippen molar-refractivity contribution in [3.8, 4) is 5.75 Å². The molecule has 2 aromatic rings. The Labute approximate surface area is 146 Å². The molecular formula is C18H23N3O4. The Balaban J connectivity index is 2.11. The van der Waals surface area contributed by atoms with Gasteiger partial charge in [0.2, 0.25) is 5.91 Å². The smallest absolute Gasteiger partial charge is 0.343 e. The Morgan fingerprint density at radius 3 is 2.44 bits per heavy atom. The third-order valence-corrected chi connectivity index (χ3v) is 3.56. The number of nitrogens with one attached hydrogen (secondary N) is 1. The standard InChI is InChI=1S/C18H23N3O4/c1-5-24-14-9-7-13(8-10-14)11-15(22)19-17-16(18(23)25-6-2)12(3)20-21(17)4/h7-10H,5-6,11H2,1-4H3,(H,19,22). The fraction of sp³-hybridized carbons (Fsp3) is 0.389. The van der Waals surface area contributed by atoms with E-state index in [9.17, 15) is 9.59 Å². The highest BCUT2D eigenvalue weighted by Crippen LogP contribution is 2.20. The first kappa shape index (κ1) is 18.5. The molecule has 2 rings (SSSR count). The van der Waals surface area contributed by atoms with Gasteiger partial charge in [0.25, 0.3) is 0 Å². The van der Waals surface area contributed by atoms with Crippen LogP contribution in [0, 0.1) is 6.92 Å². The Bertz CT molecular complexity index is 750. The number of aromatic nitrogens is 2. The second-order valence-electron chi connectivity index (χ2n) is 5.46. The number of esters is 1. The monoisotopic (exact) mass is 345 g/mol. The molecule has 7 heteroatoms. The molecule has 0 unspecified atom stereocenters. The van der Waals surface area contributed by atoms with Crippen molar-refractivity contribution in [1.29, 1.82) is 0 Å². The molecule has 0 aliphatic rings. The number of carbonyl (C=O) groups excluding carboxylic acids is 2. The van der Waals surface area contributed by atoms with E-state index >= 15 is 0 Å². The molecule has 0 saturated heterocycles. The van der Waals surface area contributed by atoms with E-state index in [2.05, 4.69) is 10.4 Å². The van der Waals surface area contributed by atoms with Gasteiger partial charge in [-0.05, 0) is 38.5 Å². The molecule has 134 valence electrons. The normalized spacial score (nSPS) is 10.4. The lowest BCUT2D eigenvalue weighted by atomic mass is 10.1. The van der Waals surface area contributed by atoms with Crippen molar-refractivity contribution in [3.63, 3.8) is 0 Å². The topological polar surface area (TPSA) is 82.5 Å². The van der Waals surface area contributed by atoms with Gasteiger partial charge >= 0.3 is 5.97 Å². The highest BCUT2D eigenvalue weighted by molar-refractivity contribution is 6.01. The zero-order valence-corrected chi connectivity index (χ0v) is 15.0. The molecule has 1 amide bonds. The van der Waals surface area contributed by atoms with Gasteiger partial charge < -0.3 is 14.8 Å². The van der Waals surface area contributed by atoms with Crippen molar-refractivity contribution in [2.75, 3.05) is 18.5 Å². The van der Waals surface area contributed by atoms with E-state index in [1.165, 1.54) is 4.68 Å². The minimum absolute atomic E-state index is 0.179. The van der Waals surface area contributed by atoms with Gasteiger partial charge in [0.1, 0.15) is 17.1 Å². The summed E-state index contributed by atoms with van der Waals surface area (Å²) in [6, 6.07) is 7.32. The number of benzene rings is 1. The molecule has 0 aliphatic carbocycles. The van der Waals surface area contributed by atoms with Gasteiger partial charge in [-0.1, -0.05) is 12.1 Å². The second-order valence-corrected chi connectivity index (χ2v) is 5.46. The predicted molar refractivity (Wildman–Crippen MR) is 93.8 cm³/mol. The minimum atomic E-state index is -0.496. The van der Waals surface area contributed by atoms with Crippen LogP contribution in [0.15, 0.2) is 24.3 Å². The largest absolute Gasteiger partial charge is 0.494 e. The van der Waals surface area contributed by atoms with Crippen molar-refractivity contribution in [2.24, 2.45) is 7.05 Å². The van der Waals surface area contributed by atoms with Gasteiger partial charge in [-0.2, -0.15) is 5.10 Å². The number of ether oxygens (including phenoxy) is 2. The first-order chi connectivity index (χ1) is 12.0. The molecule has 0 fully saturated rings. The summed E-state index contributed by atoms with van der Waals surface area (Å²) in [5, 5.41) is 6.95. The lowest BCUT2D eigenvalue weighted by Gasteiger charge is -2.09. The molecule has 0 radical (unpaired) electrons. The number of aryl methyl sites for hydroxylation is 2. The van der Waals surface area contributed by atoms with E-state index in [4.69, 9.17) is 9.47 Å². The van der Waals surface area contributed by atoms with Crippen LogP contribution in [0.4, 0.5) is 5.82 Å². The van der Waals surface area contributed by atoms with Gasteiger partial charge in [0, 0.05) is 7.05 Å². The molecule has 1 aromatic carbocycles. The Hall–Kier alpha value is -2.83. The van der Waals surface area contributed by atoms with E-state index in [-0.39, 0.29) is 24.5 Å². The molecule has 0 atom stereocenters. The number of anilines is 1.